The molecule has 0 radical (unpaired) electrons. The molecule has 0 aliphatic carbocycles. The minimum atomic E-state index is 0.0488. The van der Waals surface area contributed by atoms with E-state index in [1.165, 1.54) is 0 Å². The second-order valence-corrected chi connectivity index (χ2v) is 2.44. The van der Waals surface area contributed by atoms with Gasteiger partial charge in [0.05, 0.1) is 18.0 Å². The van der Waals surface area contributed by atoms with Crippen molar-refractivity contribution in [3.63, 3.8) is 0 Å². The molecule has 4 heteroatoms. The van der Waals surface area contributed by atoms with Crippen molar-refractivity contribution in [2.75, 3.05) is 7.05 Å². The fraction of sp³-hybridized carbons (Fsp3) is 0.571. The summed E-state index contributed by atoms with van der Waals surface area (Å²) in [6, 6.07) is 1.89. The van der Waals surface area contributed by atoms with Crippen molar-refractivity contribution in [3.05, 3.63) is 17.5 Å². The van der Waals surface area contributed by atoms with Crippen LogP contribution in [0.4, 0.5) is 0 Å². The predicted octanol–water partition coefficient (Wildman–Crippen LogP) is -0.368. The van der Waals surface area contributed by atoms with E-state index < -0.39 is 0 Å². The van der Waals surface area contributed by atoms with Crippen LogP contribution in [0, 0.1) is 0 Å². The fourth-order valence-corrected chi connectivity index (χ4v) is 0.987. The van der Waals surface area contributed by atoms with Gasteiger partial charge in [0, 0.05) is 13.6 Å². The van der Waals surface area contributed by atoms with Crippen LogP contribution in [0.5, 0.6) is 0 Å². The van der Waals surface area contributed by atoms with Crippen LogP contribution in [-0.4, -0.2) is 21.9 Å². The van der Waals surface area contributed by atoms with Crippen molar-refractivity contribution >= 4 is 0 Å². The Morgan fingerprint density at radius 3 is 2.91 bits per heavy atom. The van der Waals surface area contributed by atoms with Crippen LogP contribution in [0.25, 0.3) is 0 Å². The van der Waals surface area contributed by atoms with Crippen molar-refractivity contribution in [1.29, 1.82) is 0 Å². The summed E-state index contributed by atoms with van der Waals surface area (Å²) in [5, 5.41) is 16.0. The Bertz CT molecular complexity index is 232. The minimum Gasteiger partial charge on any atom is -0.390 e. The highest BCUT2D eigenvalue weighted by atomic mass is 16.3. The second-order valence-electron chi connectivity index (χ2n) is 2.44. The molecule has 1 aromatic heterocycles. The van der Waals surface area contributed by atoms with Gasteiger partial charge in [-0.3, -0.25) is 4.68 Å². The number of rotatable bonds is 3. The smallest absolute Gasteiger partial charge is 0.0849 e. The molecule has 0 saturated heterocycles. The van der Waals surface area contributed by atoms with E-state index in [4.69, 9.17) is 5.11 Å². The molecular weight excluding hydrogens is 142 g/mol. The maximum Gasteiger partial charge on any atom is 0.0849 e. The number of aliphatic hydroxyl groups excluding tert-OH is 1. The minimum absolute atomic E-state index is 0.0488. The van der Waals surface area contributed by atoms with Crippen LogP contribution >= 0.6 is 0 Å². The van der Waals surface area contributed by atoms with E-state index >= 15 is 0 Å². The van der Waals surface area contributed by atoms with Crippen molar-refractivity contribution in [3.8, 4) is 0 Å². The van der Waals surface area contributed by atoms with Crippen LogP contribution < -0.4 is 5.32 Å². The van der Waals surface area contributed by atoms with Crippen molar-refractivity contribution in [2.24, 2.45) is 7.05 Å². The summed E-state index contributed by atoms with van der Waals surface area (Å²) < 4.78 is 1.69. The molecule has 0 saturated carbocycles. The van der Waals surface area contributed by atoms with Crippen LogP contribution in [0.15, 0.2) is 6.07 Å². The molecule has 1 rings (SSSR count). The third-order valence-corrected chi connectivity index (χ3v) is 1.55. The average Bonchev–Trinajstić information content (AvgIpc) is 2.32. The van der Waals surface area contributed by atoms with Gasteiger partial charge in [-0.1, -0.05) is 0 Å². The van der Waals surface area contributed by atoms with Gasteiger partial charge in [-0.25, -0.2) is 0 Å². The molecule has 11 heavy (non-hydrogen) atoms. The lowest BCUT2D eigenvalue weighted by Crippen LogP contribution is -2.05. The number of nitrogens with zero attached hydrogens (tertiary/aromatic N) is 2. The first kappa shape index (κ1) is 8.23. The Balaban J connectivity index is 2.77. The van der Waals surface area contributed by atoms with Gasteiger partial charge in [-0.2, -0.15) is 5.10 Å². The van der Waals surface area contributed by atoms with Crippen LogP contribution in [0.2, 0.25) is 0 Å². The normalized spacial score (nSPS) is 10.5. The topological polar surface area (TPSA) is 50.1 Å². The van der Waals surface area contributed by atoms with E-state index in [1.54, 1.807) is 4.68 Å². The largest absolute Gasteiger partial charge is 0.390 e. The second kappa shape index (κ2) is 3.50. The highest BCUT2D eigenvalue weighted by Crippen LogP contribution is 2.01. The van der Waals surface area contributed by atoms with E-state index in [9.17, 15) is 0 Å². The van der Waals surface area contributed by atoms with Crippen molar-refractivity contribution in [2.45, 2.75) is 13.2 Å². The fourth-order valence-electron chi connectivity index (χ4n) is 0.987. The maximum atomic E-state index is 8.82. The van der Waals surface area contributed by atoms with Crippen LogP contribution in [0.1, 0.15) is 11.4 Å². The monoisotopic (exact) mass is 155 g/mol. The van der Waals surface area contributed by atoms with Crippen molar-refractivity contribution < 1.29 is 5.11 Å². The summed E-state index contributed by atoms with van der Waals surface area (Å²) >= 11 is 0. The quantitative estimate of drug-likeness (QED) is 0.626. The molecule has 2 N–H and O–H groups in total. The number of aryl methyl sites for hydroxylation is 1. The summed E-state index contributed by atoms with van der Waals surface area (Å²) in [7, 11) is 3.69. The van der Waals surface area contributed by atoms with Gasteiger partial charge in [0.15, 0.2) is 0 Å². The molecular formula is C7H13N3O. The van der Waals surface area contributed by atoms with E-state index in [2.05, 4.69) is 10.4 Å². The Hall–Kier alpha value is -0.870. The lowest BCUT2D eigenvalue weighted by Gasteiger charge is -1.92. The van der Waals surface area contributed by atoms with E-state index in [0.717, 1.165) is 17.9 Å². The summed E-state index contributed by atoms with van der Waals surface area (Å²) in [5.41, 5.74) is 1.80. The summed E-state index contributed by atoms with van der Waals surface area (Å²) in [5.74, 6) is 0. The molecule has 0 spiro atoms. The van der Waals surface area contributed by atoms with E-state index in [-0.39, 0.29) is 6.61 Å². The summed E-state index contributed by atoms with van der Waals surface area (Å²) in [6.07, 6.45) is 0. The molecule has 0 atom stereocenters. The first-order valence-corrected chi connectivity index (χ1v) is 3.55. The lowest BCUT2D eigenvalue weighted by molar-refractivity contribution is 0.270. The summed E-state index contributed by atoms with van der Waals surface area (Å²) in [6.45, 7) is 0.793. The molecule has 0 bridgehead atoms. The van der Waals surface area contributed by atoms with Gasteiger partial charge in [0.1, 0.15) is 0 Å². The van der Waals surface area contributed by atoms with Gasteiger partial charge in [0.2, 0.25) is 0 Å². The standard InChI is InChI=1S/C7H13N3O/c1-8-4-6-3-7(5-11)10(2)9-6/h3,8,11H,4-5H2,1-2H3. The number of aromatic nitrogens is 2. The third-order valence-electron chi connectivity index (χ3n) is 1.55. The Labute approximate surface area is 65.8 Å². The first-order chi connectivity index (χ1) is 5.27. The molecule has 0 aliphatic rings. The lowest BCUT2D eigenvalue weighted by atomic mass is 10.3. The van der Waals surface area contributed by atoms with E-state index in [0.29, 0.717) is 0 Å². The molecule has 4 nitrogen and oxygen atoms in total. The molecule has 62 valence electrons. The molecule has 0 unspecified atom stereocenters. The van der Waals surface area contributed by atoms with Crippen LogP contribution in [-0.2, 0) is 20.2 Å². The highest BCUT2D eigenvalue weighted by molar-refractivity contribution is 5.08. The predicted molar refractivity (Wildman–Crippen MR) is 41.9 cm³/mol. The van der Waals surface area contributed by atoms with Crippen molar-refractivity contribution in [1.82, 2.24) is 15.1 Å². The average molecular weight is 155 g/mol. The van der Waals surface area contributed by atoms with Gasteiger partial charge in [0.25, 0.3) is 0 Å². The zero-order chi connectivity index (χ0) is 8.27. The molecule has 0 amide bonds. The van der Waals surface area contributed by atoms with Gasteiger partial charge < -0.3 is 10.4 Å². The summed E-state index contributed by atoms with van der Waals surface area (Å²) in [4.78, 5) is 0. The number of aliphatic hydroxyl groups is 1. The van der Waals surface area contributed by atoms with Crippen LogP contribution in [0.3, 0.4) is 0 Å². The Morgan fingerprint density at radius 1 is 1.73 bits per heavy atom. The molecule has 1 heterocycles. The van der Waals surface area contributed by atoms with Gasteiger partial charge in [-0.15, -0.1) is 0 Å². The molecule has 1 aromatic rings. The zero-order valence-corrected chi connectivity index (χ0v) is 6.83. The maximum absolute atomic E-state index is 8.82. The Morgan fingerprint density at radius 2 is 2.45 bits per heavy atom. The van der Waals surface area contributed by atoms with E-state index in [1.807, 2.05) is 20.2 Å². The zero-order valence-electron chi connectivity index (χ0n) is 6.83. The SMILES string of the molecule is CNCc1cc(CO)n(C)n1. The molecule has 0 aromatic carbocycles. The Kier molecular flexibility index (Phi) is 2.62. The highest BCUT2D eigenvalue weighted by Gasteiger charge is 2.01. The number of hydrogen-bond acceptors (Lipinski definition) is 3. The first-order valence-electron chi connectivity index (χ1n) is 3.55. The van der Waals surface area contributed by atoms with Gasteiger partial charge in [-0.05, 0) is 13.1 Å². The molecule has 0 aliphatic heterocycles. The number of hydrogen-bond donors (Lipinski definition) is 2. The molecule has 0 fully saturated rings. The number of nitrogens with one attached hydrogen (secondary N) is 1. The van der Waals surface area contributed by atoms with Gasteiger partial charge >= 0.3 is 0 Å². The third kappa shape index (κ3) is 1.78.